The van der Waals surface area contributed by atoms with Crippen molar-refractivity contribution >= 4 is 14.1 Å². The Morgan fingerprint density at radius 1 is 1.12 bits per heavy atom. The molecule has 0 saturated carbocycles. The molecule has 0 aliphatic carbocycles. The van der Waals surface area contributed by atoms with Crippen LogP contribution in [-0.2, 0) is 0 Å². The summed E-state index contributed by atoms with van der Waals surface area (Å²) in [4.78, 5) is 0. The van der Waals surface area contributed by atoms with Gasteiger partial charge in [-0.2, -0.15) is 0 Å². The first-order chi connectivity index (χ1) is 8.19. The third-order valence-corrected chi connectivity index (χ3v) is 8.93. The van der Waals surface area contributed by atoms with Gasteiger partial charge in [0.25, 0.3) is 0 Å². The van der Waals surface area contributed by atoms with Crippen LogP contribution in [0.5, 0.6) is 5.75 Å². The molecule has 1 aromatic rings. The van der Waals surface area contributed by atoms with Crippen molar-refractivity contribution in [2.45, 2.75) is 38.9 Å². The van der Waals surface area contributed by atoms with Crippen LogP contribution in [0.3, 0.4) is 0 Å². The zero-order valence-corrected chi connectivity index (χ0v) is 12.5. The first kappa shape index (κ1) is 14.0. The molecule has 0 amide bonds. The fourth-order valence-electron chi connectivity index (χ4n) is 2.12. The molecule has 2 heteroatoms. The second-order valence-corrected chi connectivity index (χ2v) is 9.71. The molecule has 0 fully saturated rings. The molecule has 1 rings (SSSR count). The normalized spacial score (nSPS) is 12.0. The SMILES string of the molecule is CC[Si](/C=C/c1cccc(OC)c1)(CC)CC. The summed E-state index contributed by atoms with van der Waals surface area (Å²) in [6.07, 6.45) is 2.28. The molecule has 0 unspecified atom stereocenters. The Labute approximate surface area is 107 Å². The van der Waals surface area contributed by atoms with Crippen molar-refractivity contribution in [2.24, 2.45) is 0 Å². The number of ether oxygens (including phenoxy) is 1. The van der Waals surface area contributed by atoms with E-state index in [0.717, 1.165) is 5.75 Å². The van der Waals surface area contributed by atoms with Gasteiger partial charge in [0.15, 0.2) is 0 Å². The van der Waals surface area contributed by atoms with Gasteiger partial charge in [-0.3, -0.25) is 0 Å². The average molecular weight is 248 g/mol. The van der Waals surface area contributed by atoms with Crippen LogP contribution in [0.15, 0.2) is 30.0 Å². The van der Waals surface area contributed by atoms with Gasteiger partial charge in [0.2, 0.25) is 0 Å². The van der Waals surface area contributed by atoms with E-state index in [1.807, 2.05) is 12.1 Å². The standard InChI is InChI=1S/C15H24OSi/c1-5-17(6-2,7-3)12-11-14-9-8-10-15(13-14)16-4/h8-13H,5-7H2,1-4H3/b12-11+. The monoisotopic (exact) mass is 248 g/mol. The van der Waals surface area contributed by atoms with E-state index in [1.165, 1.54) is 23.7 Å². The first-order valence-electron chi connectivity index (χ1n) is 6.53. The van der Waals surface area contributed by atoms with Crippen molar-refractivity contribution in [2.75, 3.05) is 7.11 Å². The number of benzene rings is 1. The van der Waals surface area contributed by atoms with Crippen LogP contribution in [0.4, 0.5) is 0 Å². The van der Waals surface area contributed by atoms with Crippen molar-refractivity contribution in [1.82, 2.24) is 0 Å². The molecular formula is C15H24OSi. The molecule has 1 nitrogen and oxygen atoms in total. The first-order valence-corrected chi connectivity index (χ1v) is 9.23. The van der Waals surface area contributed by atoms with Gasteiger partial charge in [0.1, 0.15) is 5.75 Å². The zero-order valence-electron chi connectivity index (χ0n) is 11.5. The molecule has 17 heavy (non-hydrogen) atoms. The maximum absolute atomic E-state index is 5.24. The Hall–Kier alpha value is -1.02. The number of hydrogen-bond donors (Lipinski definition) is 0. The molecule has 1 aromatic carbocycles. The van der Waals surface area contributed by atoms with Gasteiger partial charge in [-0.25, -0.2) is 0 Å². The molecule has 0 spiro atoms. The van der Waals surface area contributed by atoms with Crippen LogP contribution in [0, 0.1) is 0 Å². The summed E-state index contributed by atoms with van der Waals surface area (Å²) in [5.41, 5.74) is 3.75. The van der Waals surface area contributed by atoms with Gasteiger partial charge < -0.3 is 4.74 Å². The summed E-state index contributed by atoms with van der Waals surface area (Å²) in [6.45, 7) is 6.99. The Bertz CT molecular complexity index is 359. The highest BCUT2D eigenvalue weighted by molar-refractivity contribution is 6.84. The fraction of sp³-hybridized carbons (Fsp3) is 0.467. The van der Waals surface area contributed by atoms with Crippen molar-refractivity contribution in [3.8, 4) is 5.75 Å². The molecule has 0 radical (unpaired) electrons. The maximum atomic E-state index is 5.24. The third kappa shape index (κ3) is 3.74. The average Bonchev–Trinajstić information content (AvgIpc) is 2.41. The molecule has 0 aromatic heterocycles. The minimum atomic E-state index is -1.15. The van der Waals surface area contributed by atoms with Crippen LogP contribution in [-0.4, -0.2) is 15.2 Å². The lowest BCUT2D eigenvalue weighted by molar-refractivity contribution is 0.414. The molecule has 0 aliphatic rings. The van der Waals surface area contributed by atoms with Gasteiger partial charge in [-0.1, -0.05) is 62.8 Å². The minimum Gasteiger partial charge on any atom is -0.497 e. The smallest absolute Gasteiger partial charge is 0.119 e. The van der Waals surface area contributed by atoms with E-state index in [1.54, 1.807) is 7.11 Å². The Morgan fingerprint density at radius 2 is 1.76 bits per heavy atom. The summed E-state index contributed by atoms with van der Waals surface area (Å²) in [7, 11) is 0.565. The van der Waals surface area contributed by atoms with Crippen LogP contribution in [0.2, 0.25) is 18.1 Å². The number of hydrogen-bond acceptors (Lipinski definition) is 1. The lowest BCUT2D eigenvalue weighted by Gasteiger charge is -2.23. The second kappa shape index (κ2) is 6.65. The fourth-order valence-corrected chi connectivity index (χ4v) is 4.87. The van der Waals surface area contributed by atoms with Crippen LogP contribution in [0.1, 0.15) is 26.3 Å². The van der Waals surface area contributed by atoms with Crippen molar-refractivity contribution in [3.63, 3.8) is 0 Å². The van der Waals surface area contributed by atoms with Gasteiger partial charge in [0, 0.05) is 0 Å². The quantitative estimate of drug-likeness (QED) is 0.660. The summed E-state index contributed by atoms with van der Waals surface area (Å²) in [5, 5.41) is 0. The number of rotatable bonds is 6. The Morgan fingerprint density at radius 3 is 2.29 bits per heavy atom. The second-order valence-electron chi connectivity index (χ2n) is 4.53. The zero-order chi connectivity index (χ0) is 12.7. The summed E-state index contributed by atoms with van der Waals surface area (Å²) >= 11 is 0. The minimum absolute atomic E-state index is 0.934. The molecule has 0 atom stereocenters. The van der Waals surface area contributed by atoms with E-state index in [9.17, 15) is 0 Å². The van der Waals surface area contributed by atoms with Gasteiger partial charge >= 0.3 is 0 Å². The highest BCUT2D eigenvalue weighted by atomic mass is 28.3. The molecule has 0 bridgehead atoms. The lowest BCUT2D eigenvalue weighted by Crippen LogP contribution is -2.28. The Balaban J connectivity index is 2.87. The van der Waals surface area contributed by atoms with Crippen LogP contribution < -0.4 is 4.74 Å². The molecule has 0 aliphatic heterocycles. The highest BCUT2D eigenvalue weighted by Crippen LogP contribution is 2.23. The lowest BCUT2D eigenvalue weighted by atomic mass is 10.2. The maximum Gasteiger partial charge on any atom is 0.119 e. The third-order valence-electron chi connectivity index (χ3n) is 3.84. The number of methoxy groups -OCH3 is 1. The highest BCUT2D eigenvalue weighted by Gasteiger charge is 2.22. The molecule has 0 saturated heterocycles. The molecular weight excluding hydrogens is 224 g/mol. The topological polar surface area (TPSA) is 9.23 Å². The molecule has 94 valence electrons. The predicted octanol–water partition coefficient (Wildman–Crippen LogP) is 4.76. The van der Waals surface area contributed by atoms with Gasteiger partial charge in [-0.15, -0.1) is 0 Å². The van der Waals surface area contributed by atoms with Crippen molar-refractivity contribution in [1.29, 1.82) is 0 Å². The largest absolute Gasteiger partial charge is 0.497 e. The summed E-state index contributed by atoms with van der Waals surface area (Å²) in [6, 6.07) is 12.3. The van der Waals surface area contributed by atoms with Gasteiger partial charge in [-0.05, 0) is 17.7 Å². The van der Waals surface area contributed by atoms with E-state index in [4.69, 9.17) is 4.74 Å². The van der Waals surface area contributed by atoms with Gasteiger partial charge in [0.05, 0.1) is 15.2 Å². The van der Waals surface area contributed by atoms with E-state index in [-0.39, 0.29) is 0 Å². The molecule has 0 heterocycles. The van der Waals surface area contributed by atoms with Crippen molar-refractivity contribution in [3.05, 3.63) is 35.5 Å². The van der Waals surface area contributed by atoms with Crippen LogP contribution in [0.25, 0.3) is 6.08 Å². The summed E-state index contributed by atoms with van der Waals surface area (Å²) < 4.78 is 5.24. The molecule has 0 N–H and O–H groups in total. The van der Waals surface area contributed by atoms with Crippen LogP contribution >= 0.6 is 0 Å². The Kier molecular flexibility index (Phi) is 5.49. The van der Waals surface area contributed by atoms with Crippen molar-refractivity contribution < 1.29 is 4.74 Å². The summed E-state index contributed by atoms with van der Waals surface area (Å²) in [5.74, 6) is 0.934. The van der Waals surface area contributed by atoms with E-state index < -0.39 is 8.07 Å². The predicted molar refractivity (Wildman–Crippen MR) is 79.2 cm³/mol. The van der Waals surface area contributed by atoms with E-state index >= 15 is 0 Å². The van der Waals surface area contributed by atoms with E-state index in [0.29, 0.717) is 0 Å². The van der Waals surface area contributed by atoms with E-state index in [2.05, 4.69) is 44.7 Å².